The summed E-state index contributed by atoms with van der Waals surface area (Å²) in [5.74, 6) is 0.467. The van der Waals surface area contributed by atoms with Gasteiger partial charge in [0.25, 0.3) is 5.91 Å². The number of nitrogens with one attached hydrogen (secondary N) is 1. The van der Waals surface area contributed by atoms with Gasteiger partial charge < -0.3 is 5.32 Å². The maximum atomic E-state index is 11.7. The molecule has 0 unspecified atom stereocenters. The number of benzene rings is 1. The van der Waals surface area contributed by atoms with Gasteiger partial charge in [0.2, 0.25) is 0 Å². The Balaban J connectivity index is 2.56. The summed E-state index contributed by atoms with van der Waals surface area (Å²) < 4.78 is 0.725. The molecule has 1 aromatic carbocycles. The van der Waals surface area contributed by atoms with Gasteiger partial charge in [-0.05, 0) is 40.9 Å². The standard InChI is InChI=1S/C11H12BrCl2NO/c12-9-5-3-4-8(10(9)14)11(16)15-7-2-1-6-13/h3-5H,1-2,6-7H2,(H,15,16). The van der Waals surface area contributed by atoms with Crippen LogP contribution in [-0.4, -0.2) is 18.3 Å². The van der Waals surface area contributed by atoms with Gasteiger partial charge in [0.1, 0.15) is 0 Å². The second-order valence-electron chi connectivity index (χ2n) is 3.25. The highest BCUT2D eigenvalue weighted by molar-refractivity contribution is 9.10. The van der Waals surface area contributed by atoms with Crippen molar-refractivity contribution < 1.29 is 4.79 Å². The lowest BCUT2D eigenvalue weighted by atomic mass is 10.2. The van der Waals surface area contributed by atoms with Crippen LogP contribution in [0.4, 0.5) is 0 Å². The third kappa shape index (κ3) is 3.96. The molecule has 0 atom stereocenters. The molecule has 0 aliphatic heterocycles. The van der Waals surface area contributed by atoms with Crippen LogP contribution in [0.25, 0.3) is 0 Å². The molecule has 0 saturated carbocycles. The van der Waals surface area contributed by atoms with Crippen LogP contribution in [0.1, 0.15) is 23.2 Å². The van der Waals surface area contributed by atoms with Gasteiger partial charge in [-0.1, -0.05) is 17.7 Å². The lowest BCUT2D eigenvalue weighted by Crippen LogP contribution is -2.24. The van der Waals surface area contributed by atoms with E-state index in [9.17, 15) is 4.79 Å². The van der Waals surface area contributed by atoms with E-state index in [4.69, 9.17) is 23.2 Å². The van der Waals surface area contributed by atoms with Gasteiger partial charge in [0, 0.05) is 16.9 Å². The topological polar surface area (TPSA) is 29.1 Å². The molecule has 2 nitrogen and oxygen atoms in total. The number of rotatable bonds is 5. The summed E-state index contributed by atoms with van der Waals surface area (Å²) in [7, 11) is 0. The van der Waals surface area contributed by atoms with E-state index in [1.807, 2.05) is 0 Å². The number of hydrogen-bond acceptors (Lipinski definition) is 1. The average Bonchev–Trinajstić information content (AvgIpc) is 2.28. The SMILES string of the molecule is O=C(NCCCCCl)c1cccc(Br)c1Cl. The summed E-state index contributed by atoms with van der Waals surface area (Å²) in [5, 5.41) is 3.24. The van der Waals surface area contributed by atoms with E-state index in [1.54, 1.807) is 18.2 Å². The molecule has 1 N–H and O–H groups in total. The molecule has 0 heterocycles. The van der Waals surface area contributed by atoms with E-state index in [-0.39, 0.29) is 5.91 Å². The van der Waals surface area contributed by atoms with E-state index in [1.165, 1.54) is 0 Å². The second-order valence-corrected chi connectivity index (χ2v) is 4.86. The molecule has 88 valence electrons. The fourth-order valence-corrected chi connectivity index (χ4v) is 1.96. The highest BCUT2D eigenvalue weighted by Crippen LogP contribution is 2.25. The minimum Gasteiger partial charge on any atom is -0.352 e. The molecule has 0 fully saturated rings. The van der Waals surface area contributed by atoms with Gasteiger partial charge >= 0.3 is 0 Å². The Hall–Kier alpha value is -0.250. The van der Waals surface area contributed by atoms with Crippen LogP contribution >= 0.6 is 39.1 Å². The zero-order valence-corrected chi connectivity index (χ0v) is 11.7. The van der Waals surface area contributed by atoms with Crippen molar-refractivity contribution in [2.45, 2.75) is 12.8 Å². The van der Waals surface area contributed by atoms with Gasteiger partial charge in [0.05, 0.1) is 10.6 Å². The molecule has 1 rings (SSSR count). The number of unbranched alkanes of at least 4 members (excludes halogenated alkanes) is 1. The van der Waals surface area contributed by atoms with Crippen molar-refractivity contribution in [3.05, 3.63) is 33.3 Å². The second kappa shape index (κ2) is 7.15. The molecule has 1 aromatic rings. The lowest BCUT2D eigenvalue weighted by Gasteiger charge is -2.07. The van der Waals surface area contributed by atoms with Crippen LogP contribution in [-0.2, 0) is 0 Å². The van der Waals surface area contributed by atoms with Crippen LogP contribution in [0.2, 0.25) is 5.02 Å². The zero-order valence-electron chi connectivity index (χ0n) is 8.60. The van der Waals surface area contributed by atoms with Gasteiger partial charge in [-0.25, -0.2) is 0 Å². The summed E-state index contributed by atoms with van der Waals surface area (Å²) >= 11 is 14.8. The van der Waals surface area contributed by atoms with Crippen molar-refractivity contribution in [3.63, 3.8) is 0 Å². The van der Waals surface area contributed by atoms with E-state index in [0.717, 1.165) is 17.3 Å². The van der Waals surface area contributed by atoms with Crippen molar-refractivity contribution in [1.29, 1.82) is 0 Å². The minimum atomic E-state index is -0.152. The molecule has 0 bridgehead atoms. The molecule has 5 heteroatoms. The quantitative estimate of drug-likeness (QED) is 0.647. The summed E-state index contributed by atoms with van der Waals surface area (Å²) in [5.41, 5.74) is 0.488. The van der Waals surface area contributed by atoms with Crippen LogP contribution in [0.15, 0.2) is 22.7 Å². The average molecular weight is 325 g/mol. The number of halogens is 3. The lowest BCUT2D eigenvalue weighted by molar-refractivity contribution is 0.0953. The largest absolute Gasteiger partial charge is 0.352 e. The summed E-state index contributed by atoms with van der Waals surface area (Å²) in [6.45, 7) is 0.619. The Morgan fingerprint density at radius 2 is 2.12 bits per heavy atom. The molecule has 0 aliphatic carbocycles. The normalized spacial score (nSPS) is 10.2. The Bertz CT molecular complexity index is 371. The zero-order chi connectivity index (χ0) is 12.0. The summed E-state index contributed by atoms with van der Waals surface area (Å²) in [6.07, 6.45) is 1.77. The molecule has 1 amide bonds. The number of amides is 1. The number of hydrogen-bond donors (Lipinski definition) is 1. The van der Waals surface area contributed by atoms with Crippen LogP contribution in [0.3, 0.4) is 0 Å². The third-order valence-electron chi connectivity index (χ3n) is 2.04. The van der Waals surface area contributed by atoms with Crippen molar-refractivity contribution in [2.75, 3.05) is 12.4 Å². The van der Waals surface area contributed by atoms with Crippen LogP contribution < -0.4 is 5.32 Å². The van der Waals surface area contributed by atoms with Crippen molar-refractivity contribution in [2.24, 2.45) is 0 Å². The first-order chi connectivity index (χ1) is 7.66. The highest BCUT2D eigenvalue weighted by atomic mass is 79.9. The predicted molar refractivity (Wildman–Crippen MR) is 71.4 cm³/mol. The smallest absolute Gasteiger partial charge is 0.252 e. The van der Waals surface area contributed by atoms with Crippen molar-refractivity contribution >= 4 is 45.0 Å². The fraction of sp³-hybridized carbons (Fsp3) is 0.364. The number of carbonyl (C=O) groups is 1. The van der Waals surface area contributed by atoms with E-state index in [2.05, 4.69) is 21.2 Å². The molecular weight excluding hydrogens is 313 g/mol. The fourth-order valence-electron chi connectivity index (χ4n) is 1.20. The van der Waals surface area contributed by atoms with E-state index in [0.29, 0.717) is 23.0 Å². The number of carbonyl (C=O) groups excluding carboxylic acids is 1. The Labute approximate surface area is 113 Å². The van der Waals surface area contributed by atoms with Crippen LogP contribution in [0.5, 0.6) is 0 Å². The highest BCUT2D eigenvalue weighted by Gasteiger charge is 2.11. The first kappa shape index (κ1) is 13.8. The summed E-state index contributed by atoms with van der Waals surface area (Å²) in [6, 6.07) is 5.28. The van der Waals surface area contributed by atoms with E-state index < -0.39 is 0 Å². The molecule has 0 saturated heterocycles. The maximum absolute atomic E-state index is 11.7. The maximum Gasteiger partial charge on any atom is 0.252 e. The molecule has 0 aromatic heterocycles. The number of alkyl halides is 1. The van der Waals surface area contributed by atoms with E-state index >= 15 is 0 Å². The predicted octanol–water partition coefficient (Wildman–Crippen LogP) is 3.85. The molecular formula is C11H12BrCl2NO. The molecule has 0 radical (unpaired) electrons. The third-order valence-corrected chi connectivity index (χ3v) is 3.61. The molecule has 0 aliphatic rings. The van der Waals surface area contributed by atoms with Crippen molar-refractivity contribution in [1.82, 2.24) is 5.32 Å². The van der Waals surface area contributed by atoms with Crippen LogP contribution in [0, 0.1) is 0 Å². The summed E-state index contributed by atoms with van der Waals surface area (Å²) in [4.78, 5) is 11.7. The van der Waals surface area contributed by atoms with Crippen molar-refractivity contribution in [3.8, 4) is 0 Å². The monoisotopic (exact) mass is 323 g/mol. The molecule has 16 heavy (non-hydrogen) atoms. The van der Waals surface area contributed by atoms with Gasteiger partial charge in [-0.2, -0.15) is 0 Å². The minimum absolute atomic E-state index is 0.152. The first-order valence-corrected chi connectivity index (χ1v) is 6.65. The van der Waals surface area contributed by atoms with Gasteiger partial charge in [-0.3, -0.25) is 4.79 Å². The first-order valence-electron chi connectivity index (χ1n) is 4.95. The Kier molecular flexibility index (Phi) is 6.17. The Morgan fingerprint density at radius 3 is 2.81 bits per heavy atom. The van der Waals surface area contributed by atoms with Gasteiger partial charge in [0.15, 0.2) is 0 Å². The molecule has 0 spiro atoms. The van der Waals surface area contributed by atoms with Gasteiger partial charge in [-0.15, -0.1) is 11.6 Å². The Morgan fingerprint density at radius 1 is 1.38 bits per heavy atom.